The molecule has 0 amide bonds. The zero-order valence-electron chi connectivity index (χ0n) is 14.4. The summed E-state index contributed by atoms with van der Waals surface area (Å²) < 4.78 is 2.69. The van der Waals surface area contributed by atoms with E-state index in [9.17, 15) is 14.7 Å². The van der Waals surface area contributed by atoms with Crippen LogP contribution in [0.2, 0.25) is 0 Å². The Morgan fingerprint density at radius 1 is 1.04 bits per heavy atom. The summed E-state index contributed by atoms with van der Waals surface area (Å²) in [6.45, 7) is 4.62. The van der Waals surface area contributed by atoms with Crippen molar-refractivity contribution in [2.45, 2.75) is 39.8 Å². The third-order valence-electron chi connectivity index (χ3n) is 4.23. The number of anilines is 1. The summed E-state index contributed by atoms with van der Waals surface area (Å²) in [5.41, 5.74) is 7.12. The van der Waals surface area contributed by atoms with Gasteiger partial charge in [-0.05, 0) is 25.0 Å². The van der Waals surface area contributed by atoms with Crippen molar-refractivity contribution in [1.29, 1.82) is 0 Å². The first kappa shape index (κ1) is 16.9. The molecule has 0 saturated carbocycles. The van der Waals surface area contributed by atoms with Crippen LogP contribution < -0.4 is 17.0 Å². The van der Waals surface area contributed by atoms with Crippen LogP contribution in [-0.2, 0) is 13.1 Å². The Morgan fingerprint density at radius 2 is 1.64 bits per heavy atom. The molecule has 0 saturated heterocycles. The van der Waals surface area contributed by atoms with E-state index in [4.69, 9.17) is 5.73 Å². The number of rotatable bonds is 5. The topological polar surface area (TPSA) is 106 Å². The van der Waals surface area contributed by atoms with Gasteiger partial charge in [-0.15, -0.1) is 0 Å². The van der Waals surface area contributed by atoms with Crippen molar-refractivity contribution in [1.82, 2.24) is 14.1 Å². The number of hydrogen-bond donors (Lipinski definition) is 3. The van der Waals surface area contributed by atoms with Crippen LogP contribution in [0.4, 0.5) is 5.69 Å². The van der Waals surface area contributed by atoms with Crippen molar-refractivity contribution in [2.75, 3.05) is 5.73 Å². The van der Waals surface area contributed by atoms with Crippen molar-refractivity contribution in [3.05, 3.63) is 45.1 Å². The molecule has 25 heavy (non-hydrogen) atoms. The highest BCUT2D eigenvalue weighted by molar-refractivity contribution is 5.91. The van der Waals surface area contributed by atoms with Gasteiger partial charge in [0.25, 0.3) is 5.56 Å². The SMILES string of the molecule is CCCn1c(=O)c2[nH]c(-c3ccc(N)cc3)c(O)c2n(CCC)c1=O. The molecule has 0 atom stereocenters. The van der Waals surface area contributed by atoms with Crippen LogP contribution in [0.25, 0.3) is 22.3 Å². The van der Waals surface area contributed by atoms with E-state index in [1.54, 1.807) is 24.3 Å². The number of benzene rings is 1. The van der Waals surface area contributed by atoms with Gasteiger partial charge in [0.2, 0.25) is 0 Å². The summed E-state index contributed by atoms with van der Waals surface area (Å²) in [6, 6.07) is 6.95. The van der Waals surface area contributed by atoms with Gasteiger partial charge in [0, 0.05) is 24.3 Å². The highest BCUT2D eigenvalue weighted by Crippen LogP contribution is 2.34. The third kappa shape index (κ3) is 2.71. The maximum atomic E-state index is 12.7. The lowest BCUT2D eigenvalue weighted by Crippen LogP contribution is -2.40. The van der Waals surface area contributed by atoms with Crippen molar-refractivity contribution >= 4 is 16.7 Å². The lowest BCUT2D eigenvalue weighted by atomic mass is 10.1. The fourth-order valence-corrected chi connectivity index (χ4v) is 3.07. The van der Waals surface area contributed by atoms with Crippen LogP contribution in [0.1, 0.15) is 26.7 Å². The van der Waals surface area contributed by atoms with Gasteiger partial charge in [-0.25, -0.2) is 4.79 Å². The predicted octanol–water partition coefficient (Wildman–Crippen LogP) is 2.27. The van der Waals surface area contributed by atoms with Gasteiger partial charge in [-0.1, -0.05) is 26.0 Å². The van der Waals surface area contributed by atoms with E-state index in [1.807, 2.05) is 13.8 Å². The molecule has 132 valence electrons. The maximum Gasteiger partial charge on any atom is 0.331 e. The Bertz CT molecular complexity index is 1030. The molecule has 3 aromatic rings. The Hall–Kier alpha value is -2.96. The highest BCUT2D eigenvalue weighted by Gasteiger charge is 2.21. The molecule has 0 bridgehead atoms. The number of H-pyrrole nitrogens is 1. The van der Waals surface area contributed by atoms with E-state index < -0.39 is 5.56 Å². The number of hydrogen-bond acceptors (Lipinski definition) is 4. The molecule has 0 spiro atoms. The zero-order valence-corrected chi connectivity index (χ0v) is 14.4. The summed E-state index contributed by atoms with van der Waals surface area (Å²) in [6.07, 6.45) is 1.38. The number of fused-ring (bicyclic) bond motifs is 1. The summed E-state index contributed by atoms with van der Waals surface area (Å²) in [5.74, 6) is -0.0916. The van der Waals surface area contributed by atoms with Crippen LogP contribution in [0.3, 0.4) is 0 Å². The Balaban J connectivity index is 2.38. The van der Waals surface area contributed by atoms with E-state index in [2.05, 4.69) is 4.98 Å². The summed E-state index contributed by atoms with van der Waals surface area (Å²) in [7, 11) is 0. The van der Waals surface area contributed by atoms with E-state index >= 15 is 0 Å². The second-order valence-corrected chi connectivity index (χ2v) is 6.09. The van der Waals surface area contributed by atoms with Crippen molar-refractivity contribution in [2.24, 2.45) is 0 Å². The predicted molar refractivity (Wildman–Crippen MR) is 98.9 cm³/mol. The number of aryl methyl sites for hydroxylation is 1. The number of aromatic hydroxyl groups is 1. The number of nitrogen functional groups attached to an aromatic ring is 1. The Kier molecular flexibility index (Phi) is 4.39. The van der Waals surface area contributed by atoms with Gasteiger partial charge >= 0.3 is 5.69 Å². The van der Waals surface area contributed by atoms with Crippen LogP contribution in [0.5, 0.6) is 5.75 Å². The molecule has 0 radical (unpaired) electrons. The Labute approximate surface area is 144 Å². The number of aromatic nitrogens is 3. The van der Waals surface area contributed by atoms with Gasteiger partial charge in [-0.2, -0.15) is 0 Å². The second-order valence-electron chi connectivity index (χ2n) is 6.09. The molecule has 0 aliphatic carbocycles. The highest BCUT2D eigenvalue weighted by atomic mass is 16.3. The first-order valence-electron chi connectivity index (χ1n) is 8.43. The summed E-state index contributed by atoms with van der Waals surface area (Å²) >= 11 is 0. The number of nitrogens with zero attached hydrogens (tertiary/aromatic N) is 2. The number of nitrogens with one attached hydrogen (secondary N) is 1. The van der Waals surface area contributed by atoms with Gasteiger partial charge < -0.3 is 15.8 Å². The summed E-state index contributed by atoms with van der Waals surface area (Å²) in [4.78, 5) is 28.5. The van der Waals surface area contributed by atoms with Gasteiger partial charge in [0.15, 0.2) is 5.75 Å². The van der Waals surface area contributed by atoms with Crippen molar-refractivity contribution in [3.8, 4) is 17.0 Å². The van der Waals surface area contributed by atoms with Crippen LogP contribution >= 0.6 is 0 Å². The molecular weight excluding hydrogens is 320 g/mol. The lowest BCUT2D eigenvalue weighted by molar-refractivity contribution is 0.475. The lowest BCUT2D eigenvalue weighted by Gasteiger charge is -2.10. The molecule has 2 aromatic heterocycles. The van der Waals surface area contributed by atoms with E-state index in [0.717, 1.165) is 0 Å². The summed E-state index contributed by atoms with van der Waals surface area (Å²) in [5, 5.41) is 10.7. The van der Waals surface area contributed by atoms with Gasteiger partial charge in [0.05, 0.1) is 5.69 Å². The average Bonchev–Trinajstić information content (AvgIpc) is 2.94. The van der Waals surface area contributed by atoms with Crippen LogP contribution in [-0.4, -0.2) is 19.2 Å². The van der Waals surface area contributed by atoms with Crippen molar-refractivity contribution < 1.29 is 5.11 Å². The van der Waals surface area contributed by atoms with Gasteiger partial charge in [0.1, 0.15) is 11.0 Å². The quantitative estimate of drug-likeness (QED) is 0.618. The van der Waals surface area contributed by atoms with E-state index in [1.165, 1.54) is 9.13 Å². The molecule has 0 aliphatic heterocycles. The second kappa shape index (κ2) is 6.51. The van der Waals surface area contributed by atoms with Crippen LogP contribution in [0.15, 0.2) is 33.9 Å². The Morgan fingerprint density at radius 3 is 2.24 bits per heavy atom. The molecule has 3 rings (SSSR count). The zero-order chi connectivity index (χ0) is 18.1. The molecule has 0 aliphatic rings. The normalized spacial score (nSPS) is 11.3. The minimum Gasteiger partial charge on any atom is -0.504 e. The molecule has 2 heterocycles. The standard InChI is InChI=1S/C18H22N4O3/c1-3-9-21-15-14(17(24)22(10-4-2)18(21)25)20-13(16(15)23)11-5-7-12(19)8-6-11/h5-8,20,23H,3-4,9-10,19H2,1-2H3. The molecule has 4 N–H and O–H groups in total. The van der Waals surface area contributed by atoms with E-state index in [0.29, 0.717) is 42.9 Å². The van der Waals surface area contributed by atoms with Gasteiger partial charge in [-0.3, -0.25) is 13.9 Å². The molecule has 0 fully saturated rings. The third-order valence-corrected chi connectivity index (χ3v) is 4.23. The van der Waals surface area contributed by atoms with E-state index in [-0.39, 0.29) is 22.5 Å². The fourth-order valence-electron chi connectivity index (χ4n) is 3.07. The first-order valence-corrected chi connectivity index (χ1v) is 8.43. The van der Waals surface area contributed by atoms with Crippen LogP contribution in [0, 0.1) is 0 Å². The fraction of sp³-hybridized carbons (Fsp3) is 0.333. The maximum absolute atomic E-state index is 12.7. The molecule has 1 aromatic carbocycles. The monoisotopic (exact) mass is 342 g/mol. The largest absolute Gasteiger partial charge is 0.504 e. The molecular formula is C18H22N4O3. The smallest absolute Gasteiger partial charge is 0.331 e. The average molecular weight is 342 g/mol. The number of nitrogens with two attached hydrogens (primary N) is 1. The van der Waals surface area contributed by atoms with Crippen molar-refractivity contribution in [3.63, 3.8) is 0 Å². The molecule has 0 unspecified atom stereocenters. The first-order chi connectivity index (χ1) is 12.0. The molecule has 7 heteroatoms. The molecule has 7 nitrogen and oxygen atoms in total. The minimum absolute atomic E-state index is 0.0916. The number of aromatic amines is 1. The minimum atomic E-state index is -0.411.